The summed E-state index contributed by atoms with van der Waals surface area (Å²) in [6.45, 7) is 3.69. The molecule has 2 aromatic carbocycles. The molecule has 0 aliphatic carbocycles. The summed E-state index contributed by atoms with van der Waals surface area (Å²) in [6, 6.07) is 13.8. The Morgan fingerprint density at radius 3 is 2.61 bits per heavy atom. The van der Waals surface area contributed by atoms with Crippen molar-refractivity contribution in [1.29, 1.82) is 0 Å². The number of H-pyrrole nitrogens is 1. The Morgan fingerprint density at radius 2 is 1.94 bits per heavy atom. The number of benzene rings is 2. The fraction of sp³-hybridized carbons (Fsp3) is 0.318. The molecule has 2 N–H and O–H groups in total. The number of hydrogen-bond acceptors (Lipinski definition) is 6. The van der Waals surface area contributed by atoms with Crippen LogP contribution in [0.1, 0.15) is 29.8 Å². The molecule has 0 saturated carbocycles. The largest absolute Gasteiger partial charge is 0.490 e. The molecular formula is C22H25N3O6. The maximum absolute atomic E-state index is 12.9. The van der Waals surface area contributed by atoms with Gasteiger partial charge in [-0.15, -0.1) is 10.1 Å². The topological polar surface area (TPSA) is 118 Å². The van der Waals surface area contributed by atoms with E-state index >= 15 is 0 Å². The standard InChI is InChI=1S/C22H25N3O6/c1-15(2)24(22(27)17-8-6-16(7-9-17)13-31-25(28)29)12-18(26)14-30-21-5-3-4-20-19(21)10-11-23-20/h3-11,15,18,23,26H,12-14H2,1-2H3. The van der Waals surface area contributed by atoms with E-state index in [-0.39, 0.29) is 31.7 Å². The number of aliphatic hydroxyl groups is 1. The van der Waals surface area contributed by atoms with Crippen LogP contribution in [0.5, 0.6) is 5.75 Å². The van der Waals surface area contributed by atoms with Crippen molar-refractivity contribution in [1.82, 2.24) is 9.88 Å². The number of aliphatic hydroxyl groups excluding tert-OH is 1. The molecule has 31 heavy (non-hydrogen) atoms. The third kappa shape index (κ3) is 5.73. The van der Waals surface area contributed by atoms with Gasteiger partial charge in [-0.2, -0.15) is 0 Å². The highest BCUT2D eigenvalue weighted by molar-refractivity contribution is 5.94. The van der Waals surface area contributed by atoms with Crippen molar-refractivity contribution in [3.63, 3.8) is 0 Å². The van der Waals surface area contributed by atoms with Gasteiger partial charge in [0.25, 0.3) is 11.0 Å². The summed E-state index contributed by atoms with van der Waals surface area (Å²) in [5.41, 5.74) is 1.94. The number of aromatic nitrogens is 1. The van der Waals surface area contributed by atoms with E-state index in [9.17, 15) is 20.0 Å². The van der Waals surface area contributed by atoms with Gasteiger partial charge in [-0.25, -0.2) is 0 Å². The second-order valence-corrected chi connectivity index (χ2v) is 7.41. The highest BCUT2D eigenvalue weighted by Gasteiger charge is 2.22. The summed E-state index contributed by atoms with van der Waals surface area (Å²) in [6.07, 6.45) is 0.940. The molecule has 9 nitrogen and oxygen atoms in total. The van der Waals surface area contributed by atoms with Gasteiger partial charge in [-0.3, -0.25) is 4.79 Å². The lowest BCUT2D eigenvalue weighted by atomic mass is 10.1. The van der Waals surface area contributed by atoms with Crippen molar-refractivity contribution in [3.05, 3.63) is 76.0 Å². The smallest absolute Gasteiger partial charge is 0.294 e. The van der Waals surface area contributed by atoms with Crippen LogP contribution in [0.15, 0.2) is 54.7 Å². The Balaban J connectivity index is 1.61. The number of nitrogens with one attached hydrogen (secondary N) is 1. The lowest BCUT2D eigenvalue weighted by Gasteiger charge is -2.29. The minimum atomic E-state index is -0.881. The number of carbonyl (C=O) groups excluding carboxylic acids is 1. The second kappa shape index (κ2) is 9.94. The first-order chi connectivity index (χ1) is 14.8. The van der Waals surface area contributed by atoms with Crippen LogP contribution < -0.4 is 4.74 Å². The van der Waals surface area contributed by atoms with Gasteiger partial charge >= 0.3 is 0 Å². The number of ether oxygens (including phenoxy) is 1. The van der Waals surface area contributed by atoms with E-state index in [1.807, 2.05) is 44.3 Å². The zero-order valence-corrected chi connectivity index (χ0v) is 17.4. The van der Waals surface area contributed by atoms with Crippen LogP contribution in [0.25, 0.3) is 10.9 Å². The summed E-state index contributed by atoms with van der Waals surface area (Å²) in [5.74, 6) is 0.413. The van der Waals surface area contributed by atoms with Gasteiger partial charge in [0, 0.05) is 28.7 Å². The number of nitrogens with zero attached hydrogens (tertiary/aromatic N) is 2. The third-order valence-electron chi connectivity index (χ3n) is 4.82. The van der Waals surface area contributed by atoms with E-state index in [0.717, 1.165) is 10.9 Å². The Kier molecular flexibility index (Phi) is 7.09. The summed E-state index contributed by atoms with van der Waals surface area (Å²) in [7, 11) is 0. The predicted octanol–water partition coefficient (Wildman–Crippen LogP) is 3.17. The average Bonchev–Trinajstić information content (AvgIpc) is 3.23. The lowest BCUT2D eigenvalue weighted by molar-refractivity contribution is -0.763. The minimum Gasteiger partial charge on any atom is -0.490 e. The van der Waals surface area contributed by atoms with Gasteiger partial charge in [-0.1, -0.05) is 18.2 Å². The van der Waals surface area contributed by atoms with Crippen LogP contribution in [0.4, 0.5) is 0 Å². The Labute approximate surface area is 179 Å². The molecule has 9 heteroatoms. The van der Waals surface area contributed by atoms with Gasteiger partial charge in [0.15, 0.2) is 0 Å². The molecular weight excluding hydrogens is 402 g/mol. The summed E-state index contributed by atoms with van der Waals surface area (Å²) in [5, 5.41) is 20.9. The Hall–Kier alpha value is -3.59. The fourth-order valence-corrected chi connectivity index (χ4v) is 3.21. The predicted molar refractivity (Wildman–Crippen MR) is 114 cm³/mol. The molecule has 164 valence electrons. The van der Waals surface area contributed by atoms with Gasteiger partial charge in [0.2, 0.25) is 0 Å². The molecule has 0 fully saturated rings. The zero-order valence-electron chi connectivity index (χ0n) is 17.4. The molecule has 1 heterocycles. The molecule has 1 amide bonds. The van der Waals surface area contributed by atoms with Crippen molar-refractivity contribution in [2.75, 3.05) is 13.2 Å². The molecule has 3 aromatic rings. The number of amides is 1. The number of carbonyl (C=O) groups is 1. The zero-order chi connectivity index (χ0) is 22.4. The summed E-state index contributed by atoms with van der Waals surface area (Å²) in [4.78, 5) is 32.2. The molecule has 0 aliphatic heterocycles. The Bertz CT molecular complexity index is 1030. The van der Waals surface area contributed by atoms with Gasteiger partial charge in [-0.05, 0) is 49.7 Å². The molecule has 0 bridgehead atoms. The second-order valence-electron chi connectivity index (χ2n) is 7.41. The van der Waals surface area contributed by atoms with E-state index in [0.29, 0.717) is 16.9 Å². The highest BCUT2D eigenvalue weighted by atomic mass is 16.9. The first-order valence-electron chi connectivity index (χ1n) is 9.89. The minimum absolute atomic E-state index is 0.0396. The van der Waals surface area contributed by atoms with Gasteiger partial charge in [0.05, 0.1) is 6.54 Å². The molecule has 0 aliphatic rings. The van der Waals surface area contributed by atoms with Crippen LogP contribution in [0.3, 0.4) is 0 Å². The molecule has 1 unspecified atom stereocenters. The SMILES string of the molecule is CC(C)N(CC(O)COc1cccc2[nH]ccc12)C(=O)c1ccc(CO[N+](=O)[O-])cc1. The van der Waals surface area contributed by atoms with Crippen LogP contribution in [0.2, 0.25) is 0 Å². The van der Waals surface area contributed by atoms with E-state index in [1.54, 1.807) is 29.2 Å². The maximum atomic E-state index is 12.9. The number of fused-ring (bicyclic) bond motifs is 1. The Morgan fingerprint density at radius 1 is 1.19 bits per heavy atom. The summed E-state index contributed by atoms with van der Waals surface area (Å²) >= 11 is 0. The van der Waals surface area contributed by atoms with Crippen LogP contribution in [0, 0.1) is 10.1 Å². The molecule has 0 saturated heterocycles. The number of rotatable bonds is 10. The third-order valence-corrected chi connectivity index (χ3v) is 4.82. The molecule has 3 rings (SSSR count). The molecule has 1 atom stereocenters. The van der Waals surface area contributed by atoms with E-state index in [1.165, 1.54) is 0 Å². The van der Waals surface area contributed by atoms with Crippen LogP contribution in [-0.4, -0.2) is 51.3 Å². The first-order valence-corrected chi connectivity index (χ1v) is 9.89. The summed E-state index contributed by atoms with van der Waals surface area (Å²) < 4.78 is 5.79. The monoisotopic (exact) mass is 427 g/mol. The molecule has 0 spiro atoms. The molecule has 0 radical (unpaired) electrons. The van der Waals surface area contributed by atoms with E-state index in [4.69, 9.17) is 4.74 Å². The fourth-order valence-electron chi connectivity index (χ4n) is 3.21. The number of hydrogen-bond donors (Lipinski definition) is 2. The van der Waals surface area contributed by atoms with Crippen molar-refractivity contribution in [3.8, 4) is 5.75 Å². The maximum Gasteiger partial charge on any atom is 0.294 e. The van der Waals surface area contributed by atoms with Crippen LogP contribution >= 0.6 is 0 Å². The van der Waals surface area contributed by atoms with E-state index in [2.05, 4.69) is 9.82 Å². The van der Waals surface area contributed by atoms with Crippen LogP contribution in [-0.2, 0) is 11.4 Å². The average molecular weight is 427 g/mol. The quantitative estimate of drug-likeness (QED) is 0.379. The van der Waals surface area contributed by atoms with E-state index < -0.39 is 11.2 Å². The van der Waals surface area contributed by atoms with Crippen molar-refractivity contribution in [2.45, 2.75) is 32.6 Å². The van der Waals surface area contributed by atoms with Crippen molar-refractivity contribution in [2.24, 2.45) is 0 Å². The number of aromatic amines is 1. The highest BCUT2D eigenvalue weighted by Crippen LogP contribution is 2.24. The van der Waals surface area contributed by atoms with Gasteiger partial charge in [0.1, 0.15) is 25.1 Å². The van der Waals surface area contributed by atoms with Crippen molar-refractivity contribution >= 4 is 16.8 Å². The van der Waals surface area contributed by atoms with Crippen molar-refractivity contribution < 1.29 is 24.6 Å². The van der Waals surface area contributed by atoms with Gasteiger partial charge < -0.3 is 24.6 Å². The normalized spacial score (nSPS) is 12.0. The first kappa shape index (κ1) is 22.1. The lowest BCUT2D eigenvalue weighted by Crippen LogP contribution is -2.43. The molecule has 1 aromatic heterocycles.